The Hall–Kier alpha value is -1.79. The van der Waals surface area contributed by atoms with Crippen LogP contribution in [0.15, 0.2) is 36.4 Å². The number of ether oxygens (including phenoxy) is 3. The molecule has 138 valence electrons. The molecule has 0 unspecified atom stereocenters. The first-order valence-corrected chi connectivity index (χ1v) is 10.5. The van der Waals surface area contributed by atoms with Gasteiger partial charge in [0.15, 0.2) is 18.1 Å². The van der Waals surface area contributed by atoms with Crippen LogP contribution in [0.3, 0.4) is 0 Å². The largest absolute Gasteiger partial charge is 0.493 e. The van der Waals surface area contributed by atoms with Gasteiger partial charge in [0.2, 0.25) is 0 Å². The molecule has 0 amide bonds. The van der Waals surface area contributed by atoms with Crippen LogP contribution in [0.2, 0.25) is 0 Å². The number of thioether (sulfide) groups is 2. The van der Waals surface area contributed by atoms with Gasteiger partial charge in [-0.3, -0.25) is 0 Å². The SMILES string of the molecule is COc1cc(C2SCCS2)ccc1OC(=O)COc1cc(C)cc(C)c1. The molecule has 0 saturated carbocycles. The van der Waals surface area contributed by atoms with Gasteiger partial charge in [0, 0.05) is 11.5 Å². The number of hydrogen-bond donors (Lipinski definition) is 0. The molecular weight excluding hydrogens is 368 g/mol. The van der Waals surface area contributed by atoms with Gasteiger partial charge in [0.05, 0.1) is 11.7 Å². The Bertz CT molecular complexity index is 765. The van der Waals surface area contributed by atoms with Gasteiger partial charge < -0.3 is 14.2 Å². The van der Waals surface area contributed by atoms with Gasteiger partial charge in [0.25, 0.3) is 0 Å². The molecule has 0 aliphatic carbocycles. The van der Waals surface area contributed by atoms with Crippen molar-refractivity contribution in [2.45, 2.75) is 18.4 Å². The van der Waals surface area contributed by atoms with Gasteiger partial charge in [-0.05, 0) is 54.8 Å². The van der Waals surface area contributed by atoms with E-state index in [0.717, 1.165) is 22.6 Å². The molecule has 4 nitrogen and oxygen atoms in total. The fourth-order valence-electron chi connectivity index (χ4n) is 2.78. The minimum atomic E-state index is -0.458. The monoisotopic (exact) mass is 390 g/mol. The number of aryl methyl sites for hydroxylation is 2. The first-order chi connectivity index (χ1) is 12.5. The molecule has 1 aliphatic rings. The minimum Gasteiger partial charge on any atom is -0.493 e. The highest BCUT2D eigenvalue weighted by Crippen LogP contribution is 2.46. The zero-order valence-electron chi connectivity index (χ0n) is 15.1. The van der Waals surface area contributed by atoms with Gasteiger partial charge in [-0.2, -0.15) is 0 Å². The topological polar surface area (TPSA) is 44.8 Å². The Labute approximate surface area is 162 Å². The molecule has 6 heteroatoms. The first kappa shape index (κ1) is 19.0. The Morgan fingerprint density at radius 1 is 1.04 bits per heavy atom. The third kappa shape index (κ3) is 4.89. The van der Waals surface area contributed by atoms with Crippen LogP contribution in [0.25, 0.3) is 0 Å². The zero-order valence-corrected chi connectivity index (χ0v) is 16.7. The van der Waals surface area contributed by atoms with Gasteiger partial charge in [-0.25, -0.2) is 4.79 Å². The minimum absolute atomic E-state index is 0.151. The number of benzene rings is 2. The third-order valence-electron chi connectivity index (χ3n) is 3.86. The number of methoxy groups -OCH3 is 1. The molecule has 0 bridgehead atoms. The fourth-order valence-corrected chi connectivity index (χ4v) is 5.61. The van der Waals surface area contributed by atoms with Crippen LogP contribution < -0.4 is 14.2 Å². The maximum absolute atomic E-state index is 12.2. The van der Waals surface area contributed by atoms with Crippen LogP contribution in [0.1, 0.15) is 21.3 Å². The fraction of sp³-hybridized carbons (Fsp3) is 0.350. The van der Waals surface area contributed by atoms with E-state index in [4.69, 9.17) is 14.2 Å². The molecule has 1 aliphatic heterocycles. The van der Waals surface area contributed by atoms with Crippen LogP contribution in [-0.4, -0.2) is 31.2 Å². The molecule has 1 saturated heterocycles. The predicted octanol–water partition coefficient (Wildman–Crippen LogP) is 4.78. The van der Waals surface area contributed by atoms with Gasteiger partial charge in [-0.1, -0.05) is 12.1 Å². The van der Waals surface area contributed by atoms with Crippen LogP contribution in [0.4, 0.5) is 0 Å². The van der Waals surface area contributed by atoms with Crippen molar-refractivity contribution in [3.05, 3.63) is 53.1 Å². The Balaban J connectivity index is 1.62. The highest BCUT2D eigenvalue weighted by atomic mass is 32.2. The summed E-state index contributed by atoms with van der Waals surface area (Å²) in [7, 11) is 1.58. The Kier molecular flexibility index (Phi) is 6.38. The third-order valence-corrected chi connectivity index (χ3v) is 6.96. The maximum atomic E-state index is 12.2. The molecule has 0 atom stereocenters. The van der Waals surface area contributed by atoms with Crippen molar-refractivity contribution in [1.82, 2.24) is 0 Å². The van der Waals surface area contributed by atoms with Crippen molar-refractivity contribution in [2.75, 3.05) is 25.2 Å². The summed E-state index contributed by atoms with van der Waals surface area (Å²) in [5.41, 5.74) is 3.36. The molecule has 26 heavy (non-hydrogen) atoms. The summed E-state index contributed by atoms with van der Waals surface area (Å²) in [4.78, 5) is 12.2. The first-order valence-electron chi connectivity index (χ1n) is 8.38. The Morgan fingerprint density at radius 2 is 1.73 bits per heavy atom. The van der Waals surface area contributed by atoms with E-state index in [0.29, 0.717) is 21.8 Å². The van der Waals surface area contributed by atoms with E-state index < -0.39 is 5.97 Å². The van der Waals surface area contributed by atoms with Crippen molar-refractivity contribution < 1.29 is 19.0 Å². The quantitative estimate of drug-likeness (QED) is 0.523. The van der Waals surface area contributed by atoms with E-state index in [1.165, 1.54) is 5.56 Å². The molecule has 2 aromatic carbocycles. The van der Waals surface area contributed by atoms with E-state index in [1.807, 2.05) is 61.6 Å². The normalized spacial score (nSPS) is 14.3. The smallest absolute Gasteiger partial charge is 0.349 e. The van der Waals surface area contributed by atoms with Crippen LogP contribution in [-0.2, 0) is 4.79 Å². The van der Waals surface area contributed by atoms with Gasteiger partial charge >= 0.3 is 5.97 Å². The summed E-state index contributed by atoms with van der Waals surface area (Å²) in [6.45, 7) is 3.83. The molecule has 1 fully saturated rings. The highest BCUT2D eigenvalue weighted by Gasteiger charge is 2.20. The average Bonchev–Trinajstić information content (AvgIpc) is 3.14. The second-order valence-electron chi connectivity index (χ2n) is 6.07. The lowest BCUT2D eigenvalue weighted by molar-refractivity contribution is -0.136. The number of carbonyl (C=O) groups excluding carboxylic acids is 1. The molecule has 1 heterocycles. The highest BCUT2D eigenvalue weighted by molar-refractivity contribution is 8.19. The van der Waals surface area contributed by atoms with Crippen molar-refractivity contribution in [1.29, 1.82) is 0 Å². The molecule has 2 aromatic rings. The summed E-state index contributed by atoms with van der Waals surface area (Å²) in [6.07, 6.45) is 0. The van der Waals surface area contributed by atoms with E-state index in [2.05, 4.69) is 6.07 Å². The second-order valence-corrected chi connectivity index (χ2v) is 8.79. The predicted molar refractivity (Wildman–Crippen MR) is 108 cm³/mol. The van der Waals surface area contributed by atoms with Crippen LogP contribution >= 0.6 is 23.5 Å². The zero-order chi connectivity index (χ0) is 18.5. The van der Waals surface area contributed by atoms with Gasteiger partial charge in [0.1, 0.15) is 5.75 Å². The lowest BCUT2D eigenvalue weighted by atomic mass is 10.1. The summed E-state index contributed by atoms with van der Waals surface area (Å²) >= 11 is 3.84. The van der Waals surface area contributed by atoms with Crippen molar-refractivity contribution >= 4 is 29.5 Å². The van der Waals surface area contributed by atoms with Crippen molar-refractivity contribution in [3.63, 3.8) is 0 Å². The molecular formula is C20H22O4S2. The van der Waals surface area contributed by atoms with Crippen molar-refractivity contribution in [2.24, 2.45) is 0 Å². The van der Waals surface area contributed by atoms with Gasteiger partial charge in [-0.15, -0.1) is 23.5 Å². The average molecular weight is 391 g/mol. The van der Waals surface area contributed by atoms with Crippen LogP contribution in [0.5, 0.6) is 17.2 Å². The van der Waals surface area contributed by atoms with E-state index in [-0.39, 0.29) is 6.61 Å². The molecule has 0 spiro atoms. The Morgan fingerprint density at radius 3 is 2.38 bits per heavy atom. The standard InChI is InChI=1S/C20H22O4S2/c1-13-8-14(2)10-16(9-13)23-12-19(21)24-17-5-4-15(11-18(17)22-3)20-25-6-7-26-20/h4-5,8-11,20H,6-7,12H2,1-3H3. The number of esters is 1. The number of hydrogen-bond acceptors (Lipinski definition) is 6. The summed E-state index contributed by atoms with van der Waals surface area (Å²) in [6, 6.07) is 11.6. The lowest BCUT2D eigenvalue weighted by Crippen LogP contribution is -2.18. The van der Waals surface area contributed by atoms with E-state index in [1.54, 1.807) is 13.2 Å². The molecule has 0 aromatic heterocycles. The summed E-state index contributed by atoms with van der Waals surface area (Å²) in [5, 5.41) is 0. The number of carbonyl (C=O) groups is 1. The molecule has 0 N–H and O–H groups in total. The van der Waals surface area contributed by atoms with E-state index in [9.17, 15) is 4.79 Å². The van der Waals surface area contributed by atoms with Crippen molar-refractivity contribution in [3.8, 4) is 17.2 Å². The second kappa shape index (κ2) is 8.73. The number of rotatable bonds is 6. The molecule has 3 rings (SSSR count). The van der Waals surface area contributed by atoms with Crippen LogP contribution in [0, 0.1) is 13.8 Å². The van der Waals surface area contributed by atoms with E-state index >= 15 is 0 Å². The maximum Gasteiger partial charge on any atom is 0.349 e. The molecule has 0 radical (unpaired) electrons. The summed E-state index contributed by atoms with van der Waals surface area (Å²) < 4.78 is 16.8. The summed E-state index contributed by atoms with van der Waals surface area (Å²) in [5.74, 6) is 3.50. The lowest BCUT2D eigenvalue weighted by Gasteiger charge is -2.14.